The SMILES string of the molecule is N#CCC(=O)OSOC(=O)CC#N. The first-order chi connectivity index (χ1) is 6.20. The highest BCUT2D eigenvalue weighted by molar-refractivity contribution is 7.90. The molecule has 0 saturated heterocycles. The third-order valence-electron chi connectivity index (χ3n) is 0.701. The normalized spacial score (nSPS) is 7.85. The molecule has 0 atom stereocenters. The molecule has 0 aliphatic rings. The average molecular weight is 200 g/mol. The van der Waals surface area contributed by atoms with Crippen molar-refractivity contribution in [2.24, 2.45) is 0 Å². The summed E-state index contributed by atoms with van der Waals surface area (Å²) < 4.78 is 8.40. The molecule has 0 aliphatic carbocycles. The van der Waals surface area contributed by atoms with Crippen molar-refractivity contribution in [3.63, 3.8) is 0 Å². The van der Waals surface area contributed by atoms with E-state index in [1.807, 2.05) is 0 Å². The summed E-state index contributed by atoms with van der Waals surface area (Å²) in [4.78, 5) is 20.9. The zero-order valence-electron chi connectivity index (χ0n) is 6.35. The maximum Gasteiger partial charge on any atom is 0.334 e. The van der Waals surface area contributed by atoms with E-state index in [1.54, 1.807) is 12.1 Å². The second-order valence-corrected chi connectivity index (χ2v) is 2.12. The van der Waals surface area contributed by atoms with E-state index >= 15 is 0 Å². The van der Waals surface area contributed by atoms with Crippen LogP contribution in [0.5, 0.6) is 0 Å². The first-order valence-corrected chi connectivity index (χ1v) is 3.68. The number of rotatable bonds is 4. The lowest BCUT2D eigenvalue weighted by Crippen LogP contribution is -2.01. The molecule has 0 rings (SSSR count). The number of carbonyl (C=O) groups excluding carboxylic acids is 2. The molecule has 0 N–H and O–H groups in total. The predicted octanol–water partition coefficient (Wildman–Crippen LogP) is 0.463. The van der Waals surface area contributed by atoms with Crippen LogP contribution in [-0.4, -0.2) is 11.9 Å². The highest BCUT2D eigenvalue weighted by Crippen LogP contribution is 2.07. The lowest BCUT2D eigenvalue weighted by atomic mass is 10.5. The molecule has 7 heteroatoms. The van der Waals surface area contributed by atoms with Crippen LogP contribution in [0.15, 0.2) is 0 Å². The molecule has 0 heterocycles. The van der Waals surface area contributed by atoms with Crippen molar-refractivity contribution in [1.82, 2.24) is 0 Å². The largest absolute Gasteiger partial charge is 0.354 e. The highest BCUT2D eigenvalue weighted by Gasteiger charge is 2.07. The summed E-state index contributed by atoms with van der Waals surface area (Å²) >= 11 is 0.148. The fourth-order valence-electron chi connectivity index (χ4n) is 0.281. The Kier molecular flexibility index (Phi) is 6.02. The Balaban J connectivity index is 3.47. The summed E-state index contributed by atoms with van der Waals surface area (Å²) in [5, 5.41) is 16.0. The zero-order valence-corrected chi connectivity index (χ0v) is 7.17. The molecule has 6 nitrogen and oxygen atoms in total. The minimum Gasteiger partial charge on any atom is -0.354 e. The van der Waals surface area contributed by atoms with Crippen molar-refractivity contribution in [3.05, 3.63) is 0 Å². The molecule has 0 aromatic rings. The Bertz CT molecular complexity index is 249. The zero-order chi connectivity index (χ0) is 10.1. The number of nitrogens with zero attached hydrogens (tertiary/aromatic N) is 2. The number of hydrogen-bond donors (Lipinski definition) is 0. The van der Waals surface area contributed by atoms with E-state index in [9.17, 15) is 9.59 Å². The minimum absolute atomic E-state index is 0.148. The van der Waals surface area contributed by atoms with Crippen molar-refractivity contribution < 1.29 is 18.0 Å². The molecule has 0 radical (unpaired) electrons. The van der Waals surface area contributed by atoms with Gasteiger partial charge >= 0.3 is 11.9 Å². The average Bonchev–Trinajstić information content (AvgIpc) is 2.05. The van der Waals surface area contributed by atoms with Crippen molar-refractivity contribution in [1.29, 1.82) is 10.5 Å². The van der Waals surface area contributed by atoms with Gasteiger partial charge in [0.1, 0.15) is 12.8 Å². The van der Waals surface area contributed by atoms with Crippen molar-refractivity contribution in [3.8, 4) is 12.1 Å². The molecule has 0 aliphatic heterocycles. The van der Waals surface area contributed by atoms with Gasteiger partial charge in [-0.15, -0.1) is 0 Å². The van der Waals surface area contributed by atoms with E-state index < -0.39 is 24.8 Å². The molecule has 0 saturated carbocycles. The second kappa shape index (κ2) is 6.95. The van der Waals surface area contributed by atoms with E-state index in [4.69, 9.17) is 10.5 Å². The summed E-state index contributed by atoms with van der Waals surface area (Å²) in [6, 6.07) is 3.10. The molecular formula is C6H4N2O4S. The lowest BCUT2D eigenvalue weighted by molar-refractivity contribution is -0.134. The Hall–Kier alpha value is -1.73. The van der Waals surface area contributed by atoms with Gasteiger partial charge in [-0.25, -0.2) is 9.59 Å². The molecule has 0 amide bonds. The van der Waals surface area contributed by atoms with Gasteiger partial charge in [-0.2, -0.15) is 10.5 Å². The third-order valence-corrected chi connectivity index (χ3v) is 1.21. The van der Waals surface area contributed by atoms with E-state index in [-0.39, 0.29) is 12.3 Å². The number of carbonyl (C=O) groups is 2. The van der Waals surface area contributed by atoms with Crippen molar-refractivity contribution in [2.45, 2.75) is 12.8 Å². The van der Waals surface area contributed by atoms with Gasteiger partial charge in [-0.05, 0) is 0 Å². The fraction of sp³-hybridized carbons (Fsp3) is 0.333. The Labute approximate surface area is 78.4 Å². The summed E-state index contributed by atoms with van der Waals surface area (Å²) in [6.45, 7) is 0. The van der Waals surface area contributed by atoms with Crippen LogP contribution in [0.3, 0.4) is 0 Å². The molecule has 0 aromatic carbocycles. The first-order valence-electron chi connectivity index (χ1n) is 3.01. The molecule has 0 unspecified atom stereocenters. The van der Waals surface area contributed by atoms with Crippen LogP contribution < -0.4 is 0 Å². The molecule has 68 valence electrons. The molecule has 0 fully saturated rings. The van der Waals surface area contributed by atoms with Gasteiger partial charge in [0.05, 0.1) is 12.1 Å². The monoisotopic (exact) mass is 200 g/mol. The Morgan fingerprint density at radius 2 is 1.46 bits per heavy atom. The van der Waals surface area contributed by atoms with Gasteiger partial charge < -0.3 is 8.37 Å². The van der Waals surface area contributed by atoms with Crippen LogP contribution in [0.2, 0.25) is 0 Å². The Morgan fingerprint density at radius 1 is 1.08 bits per heavy atom. The first kappa shape index (κ1) is 11.3. The van der Waals surface area contributed by atoms with Crippen LogP contribution in [0.4, 0.5) is 0 Å². The van der Waals surface area contributed by atoms with Gasteiger partial charge in [0.15, 0.2) is 0 Å². The molecule has 0 aromatic heterocycles. The van der Waals surface area contributed by atoms with Crippen LogP contribution in [0.25, 0.3) is 0 Å². The summed E-state index contributed by atoms with van der Waals surface area (Å²) in [7, 11) is 0. The molecule has 0 spiro atoms. The highest BCUT2D eigenvalue weighted by atomic mass is 32.2. The standard InChI is InChI=1S/C6H4N2O4S/c7-3-1-5(9)11-13-12-6(10)2-4-8/h1-2H2. The van der Waals surface area contributed by atoms with E-state index in [2.05, 4.69) is 8.37 Å². The van der Waals surface area contributed by atoms with E-state index in [1.165, 1.54) is 0 Å². The topological polar surface area (TPSA) is 100 Å². The van der Waals surface area contributed by atoms with Gasteiger partial charge in [-0.1, -0.05) is 0 Å². The number of nitriles is 2. The van der Waals surface area contributed by atoms with E-state index in [0.29, 0.717) is 0 Å². The van der Waals surface area contributed by atoms with E-state index in [0.717, 1.165) is 0 Å². The smallest absolute Gasteiger partial charge is 0.334 e. The second-order valence-electron chi connectivity index (χ2n) is 1.65. The maximum absolute atomic E-state index is 10.5. The van der Waals surface area contributed by atoms with Gasteiger partial charge in [0, 0.05) is 0 Å². The van der Waals surface area contributed by atoms with Gasteiger partial charge in [-0.3, -0.25) is 0 Å². The summed E-state index contributed by atoms with van der Waals surface area (Å²) in [5.74, 6) is -1.62. The lowest BCUT2D eigenvalue weighted by Gasteiger charge is -1.97. The van der Waals surface area contributed by atoms with Gasteiger partial charge in [0.2, 0.25) is 0 Å². The maximum atomic E-state index is 10.5. The van der Waals surface area contributed by atoms with Crippen LogP contribution >= 0.6 is 12.3 Å². The third kappa shape index (κ3) is 6.66. The van der Waals surface area contributed by atoms with Crippen LogP contribution in [0, 0.1) is 22.7 Å². The van der Waals surface area contributed by atoms with Crippen LogP contribution in [-0.2, 0) is 18.0 Å². The number of hydrogen-bond acceptors (Lipinski definition) is 7. The Morgan fingerprint density at radius 3 is 1.77 bits per heavy atom. The fourth-order valence-corrected chi connectivity index (χ4v) is 0.585. The quantitative estimate of drug-likeness (QED) is 0.607. The van der Waals surface area contributed by atoms with Crippen molar-refractivity contribution >= 4 is 24.3 Å². The van der Waals surface area contributed by atoms with Crippen LogP contribution in [0.1, 0.15) is 12.8 Å². The molecule has 13 heavy (non-hydrogen) atoms. The minimum atomic E-state index is -0.808. The van der Waals surface area contributed by atoms with Crippen molar-refractivity contribution in [2.75, 3.05) is 0 Å². The van der Waals surface area contributed by atoms with Gasteiger partial charge in [0.25, 0.3) is 12.3 Å². The summed E-state index contributed by atoms with van der Waals surface area (Å²) in [6.07, 6.45) is -0.828. The predicted molar refractivity (Wildman–Crippen MR) is 40.2 cm³/mol. The molecule has 0 bridgehead atoms. The summed E-state index contributed by atoms with van der Waals surface area (Å²) in [5.41, 5.74) is 0. The molecular weight excluding hydrogens is 196 g/mol.